The van der Waals surface area contributed by atoms with E-state index in [1.54, 1.807) is 0 Å². The van der Waals surface area contributed by atoms with Crippen molar-refractivity contribution in [3.05, 3.63) is 77.4 Å². The number of thiocarbonyl (C=S) groups is 1. The Hall–Kier alpha value is -1.77. The van der Waals surface area contributed by atoms with Gasteiger partial charge in [-0.2, -0.15) is 0 Å². The highest BCUT2D eigenvalue weighted by atomic mass is 32.1. The molecular formula is C40H62OS. The minimum Gasteiger partial charge on any atom is -0.378 e. The van der Waals surface area contributed by atoms with Gasteiger partial charge in [-0.15, -0.1) is 0 Å². The Balaban J connectivity index is 1.46. The predicted molar refractivity (Wildman–Crippen MR) is 191 cm³/mol. The molecule has 0 amide bonds. The zero-order valence-electron chi connectivity index (χ0n) is 27.3. The smallest absolute Gasteiger partial charge is 0.0575 e. The van der Waals surface area contributed by atoms with Crippen LogP contribution in [0.15, 0.2) is 60.7 Å². The largest absolute Gasteiger partial charge is 0.378 e. The molecule has 0 spiro atoms. The summed E-state index contributed by atoms with van der Waals surface area (Å²) in [5.41, 5.74) is 3.66. The van der Waals surface area contributed by atoms with Crippen LogP contribution in [-0.4, -0.2) is 17.6 Å². The second-order valence-corrected chi connectivity index (χ2v) is 12.7. The van der Waals surface area contributed by atoms with E-state index >= 15 is 0 Å². The first-order chi connectivity index (χ1) is 20.7. The van der Waals surface area contributed by atoms with Crippen molar-refractivity contribution in [2.75, 3.05) is 6.61 Å². The lowest BCUT2D eigenvalue weighted by Gasteiger charge is -2.17. The molecule has 0 heterocycles. The number of benzene rings is 2. The van der Waals surface area contributed by atoms with Crippen LogP contribution in [0.1, 0.15) is 159 Å². The SMILES string of the molecule is CCCCCCCCCCCCCCCCCCC(CCC)OCCCc1ccc(C=CC(=S)c2ccccc2)cc1. The average molecular weight is 591 g/mol. The molecule has 234 valence electrons. The fourth-order valence-electron chi connectivity index (χ4n) is 5.75. The van der Waals surface area contributed by atoms with Crippen molar-refractivity contribution in [2.45, 2.75) is 155 Å². The molecule has 0 radical (unpaired) electrons. The summed E-state index contributed by atoms with van der Waals surface area (Å²) >= 11 is 5.54. The standard InChI is InChI=1S/C40H62OS/c1-3-5-6-7-8-9-10-11-12-13-14-15-16-17-18-22-28-39(24-4-2)41-35-23-25-36-29-31-37(32-30-36)33-34-40(42)38-26-20-19-21-27-38/h19-21,26-27,29-34,39H,3-18,22-25,28,35H2,1-2H3. The lowest BCUT2D eigenvalue weighted by Crippen LogP contribution is -2.14. The van der Waals surface area contributed by atoms with Crippen molar-refractivity contribution in [1.82, 2.24) is 0 Å². The molecule has 1 atom stereocenters. The second-order valence-electron chi connectivity index (χ2n) is 12.3. The quantitative estimate of drug-likeness (QED) is 0.0443. The zero-order chi connectivity index (χ0) is 29.9. The van der Waals surface area contributed by atoms with Crippen molar-refractivity contribution in [1.29, 1.82) is 0 Å². The van der Waals surface area contributed by atoms with Crippen LogP contribution >= 0.6 is 12.2 Å². The Bertz CT molecular complexity index is 916. The van der Waals surface area contributed by atoms with Crippen LogP contribution in [0.2, 0.25) is 0 Å². The van der Waals surface area contributed by atoms with Crippen molar-refractivity contribution in [3.63, 3.8) is 0 Å². The van der Waals surface area contributed by atoms with E-state index < -0.39 is 0 Å². The Labute approximate surface area is 265 Å². The summed E-state index contributed by atoms with van der Waals surface area (Å²) in [7, 11) is 0. The van der Waals surface area contributed by atoms with Crippen LogP contribution in [0.5, 0.6) is 0 Å². The Morgan fingerprint density at radius 2 is 1.17 bits per heavy atom. The van der Waals surface area contributed by atoms with Crippen molar-refractivity contribution in [3.8, 4) is 0 Å². The minimum atomic E-state index is 0.447. The van der Waals surface area contributed by atoms with Gasteiger partial charge in [-0.3, -0.25) is 0 Å². The van der Waals surface area contributed by atoms with Gasteiger partial charge in [-0.25, -0.2) is 0 Å². The molecule has 2 rings (SSSR count). The molecule has 2 aromatic rings. The van der Waals surface area contributed by atoms with Crippen LogP contribution in [0, 0.1) is 0 Å². The summed E-state index contributed by atoms with van der Waals surface area (Å²) in [4.78, 5) is 0.873. The number of hydrogen-bond acceptors (Lipinski definition) is 2. The number of allylic oxidation sites excluding steroid dienone is 1. The van der Waals surface area contributed by atoms with Gasteiger partial charge in [0.25, 0.3) is 0 Å². The van der Waals surface area contributed by atoms with E-state index in [1.807, 2.05) is 24.3 Å². The van der Waals surface area contributed by atoms with Gasteiger partial charge in [0.15, 0.2) is 0 Å². The molecule has 42 heavy (non-hydrogen) atoms. The van der Waals surface area contributed by atoms with Crippen molar-refractivity contribution >= 4 is 23.2 Å². The third-order valence-electron chi connectivity index (χ3n) is 8.42. The van der Waals surface area contributed by atoms with Crippen LogP contribution in [0.3, 0.4) is 0 Å². The van der Waals surface area contributed by atoms with E-state index in [0.29, 0.717) is 6.10 Å². The summed E-state index contributed by atoms with van der Waals surface area (Å²) in [5.74, 6) is 0. The predicted octanol–water partition coefficient (Wildman–Crippen LogP) is 12.9. The Morgan fingerprint density at radius 3 is 1.71 bits per heavy atom. The van der Waals surface area contributed by atoms with Gasteiger partial charge in [0, 0.05) is 11.5 Å². The highest BCUT2D eigenvalue weighted by molar-refractivity contribution is 7.81. The summed E-state index contributed by atoms with van der Waals surface area (Å²) in [6.07, 6.45) is 33.2. The van der Waals surface area contributed by atoms with E-state index in [4.69, 9.17) is 17.0 Å². The molecule has 0 saturated heterocycles. The first-order valence-corrected chi connectivity index (χ1v) is 18.1. The fraction of sp³-hybridized carbons (Fsp3) is 0.625. The maximum Gasteiger partial charge on any atom is 0.0575 e. The number of ether oxygens (including phenoxy) is 1. The van der Waals surface area contributed by atoms with Crippen LogP contribution in [-0.2, 0) is 11.2 Å². The highest BCUT2D eigenvalue weighted by Gasteiger charge is 2.08. The van der Waals surface area contributed by atoms with E-state index in [-0.39, 0.29) is 0 Å². The highest BCUT2D eigenvalue weighted by Crippen LogP contribution is 2.17. The maximum absolute atomic E-state index is 6.33. The lowest BCUT2D eigenvalue weighted by molar-refractivity contribution is 0.0381. The van der Waals surface area contributed by atoms with E-state index in [1.165, 1.54) is 133 Å². The first kappa shape index (κ1) is 36.4. The average Bonchev–Trinajstić information content (AvgIpc) is 3.02. The fourth-order valence-corrected chi connectivity index (χ4v) is 5.95. The van der Waals surface area contributed by atoms with Gasteiger partial charge in [-0.1, -0.05) is 196 Å². The first-order valence-electron chi connectivity index (χ1n) is 17.7. The monoisotopic (exact) mass is 590 g/mol. The molecule has 2 aromatic carbocycles. The number of aryl methyl sites for hydroxylation is 1. The number of rotatable bonds is 27. The molecular weight excluding hydrogens is 529 g/mol. The molecule has 0 aliphatic rings. The molecule has 2 heteroatoms. The second kappa shape index (κ2) is 25.7. The third kappa shape index (κ3) is 18.7. The van der Waals surface area contributed by atoms with Gasteiger partial charge in [0.1, 0.15) is 0 Å². The van der Waals surface area contributed by atoms with Crippen molar-refractivity contribution in [2.24, 2.45) is 0 Å². The van der Waals surface area contributed by atoms with Gasteiger partial charge in [-0.05, 0) is 48.4 Å². The van der Waals surface area contributed by atoms with E-state index in [2.05, 4.69) is 56.3 Å². The van der Waals surface area contributed by atoms with Gasteiger partial charge >= 0.3 is 0 Å². The normalized spacial score (nSPS) is 12.2. The topological polar surface area (TPSA) is 9.23 Å². The zero-order valence-corrected chi connectivity index (χ0v) is 28.1. The molecule has 0 saturated carbocycles. The van der Waals surface area contributed by atoms with Gasteiger partial charge in [0.2, 0.25) is 0 Å². The van der Waals surface area contributed by atoms with E-state index in [9.17, 15) is 0 Å². The third-order valence-corrected chi connectivity index (χ3v) is 8.79. The van der Waals surface area contributed by atoms with E-state index in [0.717, 1.165) is 29.9 Å². The van der Waals surface area contributed by atoms with Crippen LogP contribution in [0.25, 0.3) is 6.08 Å². The van der Waals surface area contributed by atoms with Crippen LogP contribution in [0.4, 0.5) is 0 Å². The molecule has 0 N–H and O–H groups in total. The van der Waals surface area contributed by atoms with Gasteiger partial charge in [0.05, 0.1) is 6.10 Å². The molecule has 1 nitrogen and oxygen atoms in total. The molecule has 1 unspecified atom stereocenters. The Morgan fingerprint density at radius 1 is 0.619 bits per heavy atom. The maximum atomic E-state index is 6.33. The van der Waals surface area contributed by atoms with Crippen molar-refractivity contribution < 1.29 is 4.74 Å². The summed E-state index contributed by atoms with van der Waals surface area (Å²) in [5, 5.41) is 0. The van der Waals surface area contributed by atoms with Gasteiger partial charge < -0.3 is 4.74 Å². The molecule has 0 aromatic heterocycles. The van der Waals surface area contributed by atoms with Crippen LogP contribution < -0.4 is 0 Å². The molecule has 0 fully saturated rings. The summed E-state index contributed by atoms with van der Waals surface area (Å²) in [6.45, 7) is 5.45. The summed E-state index contributed by atoms with van der Waals surface area (Å²) in [6, 6.07) is 19.1. The minimum absolute atomic E-state index is 0.447. The summed E-state index contributed by atoms with van der Waals surface area (Å²) < 4.78 is 6.33. The molecule has 0 bridgehead atoms. The Kier molecular flexibility index (Phi) is 22.3. The molecule has 0 aliphatic heterocycles. The molecule has 0 aliphatic carbocycles. The number of unbranched alkanes of at least 4 members (excludes halogenated alkanes) is 15. The lowest BCUT2D eigenvalue weighted by atomic mass is 10.0. The number of hydrogen-bond donors (Lipinski definition) is 0.